The lowest BCUT2D eigenvalue weighted by Crippen LogP contribution is -2.38. The number of hydrogen-bond donors (Lipinski definition) is 1. The minimum atomic E-state index is -0.292. The third-order valence-corrected chi connectivity index (χ3v) is 5.21. The second kappa shape index (κ2) is 10.5. The van der Waals surface area contributed by atoms with Crippen LogP contribution in [0.15, 0.2) is 72.8 Å². The zero-order valence-electron chi connectivity index (χ0n) is 18.5. The standard InChI is InChI=1S/C26H26N2O5/c1-2-28(17-25(29)27-20-12-13-23-24(16-20)32-15-14-31-23)26(30)22-11-7-6-8-19(22)18-33-21-9-4-3-5-10-21/h3-13,16H,2,14-15,17-18H2,1H3,(H,27,29). The van der Waals surface area contributed by atoms with Crippen LogP contribution >= 0.6 is 0 Å². The van der Waals surface area contributed by atoms with Crippen molar-refractivity contribution in [1.82, 2.24) is 4.90 Å². The highest BCUT2D eigenvalue weighted by atomic mass is 16.6. The van der Waals surface area contributed by atoms with Gasteiger partial charge in [0.05, 0.1) is 0 Å². The van der Waals surface area contributed by atoms with Crippen LogP contribution in [0.4, 0.5) is 5.69 Å². The monoisotopic (exact) mass is 446 g/mol. The van der Waals surface area contributed by atoms with Gasteiger partial charge in [0.25, 0.3) is 5.91 Å². The first kappa shape index (κ1) is 22.2. The first-order chi connectivity index (χ1) is 16.1. The molecule has 4 rings (SSSR count). The number of nitrogens with one attached hydrogen (secondary N) is 1. The smallest absolute Gasteiger partial charge is 0.254 e. The van der Waals surface area contributed by atoms with Gasteiger partial charge in [-0.25, -0.2) is 0 Å². The number of para-hydroxylation sites is 1. The summed E-state index contributed by atoms with van der Waals surface area (Å²) in [5, 5.41) is 2.83. The Balaban J connectivity index is 1.41. The molecule has 33 heavy (non-hydrogen) atoms. The quantitative estimate of drug-likeness (QED) is 0.563. The summed E-state index contributed by atoms with van der Waals surface area (Å²) in [7, 11) is 0. The van der Waals surface area contributed by atoms with E-state index in [1.165, 1.54) is 4.90 Å². The maximum atomic E-state index is 13.2. The van der Waals surface area contributed by atoms with Crippen molar-refractivity contribution < 1.29 is 23.8 Å². The highest BCUT2D eigenvalue weighted by Gasteiger charge is 2.21. The molecular weight excluding hydrogens is 420 g/mol. The van der Waals surface area contributed by atoms with Gasteiger partial charge in [-0.2, -0.15) is 0 Å². The van der Waals surface area contributed by atoms with Crippen LogP contribution in [0.3, 0.4) is 0 Å². The number of anilines is 1. The third-order valence-electron chi connectivity index (χ3n) is 5.21. The second-order valence-corrected chi connectivity index (χ2v) is 7.48. The number of hydrogen-bond acceptors (Lipinski definition) is 5. The van der Waals surface area contributed by atoms with Crippen LogP contribution in [0.25, 0.3) is 0 Å². The summed E-state index contributed by atoms with van der Waals surface area (Å²) in [5.74, 6) is 1.46. The Morgan fingerprint density at radius 2 is 1.67 bits per heavy atom. The first-order valence-electron chi connectivity index (χ1n) is 10.9. The van der Waals surface area contributed by atoms with E-state index >= 15 is 0 Å². The molecule has 0 fully saturated rings. The Hall–Kier alpha value is -4.00. The number of fused-ring (bicyclic) bond motifs is 1. The van der Waals surface area contributed by atoms with Gasteiger partial charge in [-0.3, -0.25) is 9.59 Å². The number of amides is 2. The normalized spacial score (nSPS) is 12.0. The molecule has 0 atom stereocenters. The average molecular weight is 447 g/mol. The van der Waals surface area contributed by atoms with Crippen molar-refractivity contribution in [2.24, 2.45) is 0 Å². The molecule has 3 aromatic carbocycles. The molecule has 0 spiro atoms. The molecule has 0 aromatic heterocycles. The average Bonchev–Trinajstić information content (AvgIpc) is 2.86. The van der Waals surface area contributed by atoms with Crippen molar-refractivity contribution in [1.29, 1.82) is 0 Å². The van der Waals surface area contributed by atoms with Gasteiger partial charge in [0, 0.05) is 29.4 Å². The maximum absolute atomic E-state index is 13.2. The van der Waals surface area contributed by atoms with Gasteiger partial charge in [0.1, 0.15) is 32.1 Å². The van der Waals surface area contributed by atoms with E-state index in [0.29, 0.717) is 42.5 Å². The molecule has 2 amide bonds. The predicted octanol–water partition coefficient (Wildman–Crippen LogP) is 4.14. The van der Waals surface area contributed by atoms with Gasteiger partial charge in [0.2, 0.25) is 5.91 Å². The number of rotatable bonds is 8. The molecule has 1 heterocycles. The Labute approximate surface area is 192 Å². The lowest BCUT2D eigenvalue weighted by atomic mass is 10.1. The zero-order chi connectivity index (χ0) is 23.0. The lowest BCUT2D eigenvalue weighted by molar-refractivity contribution is -0.116. The van der Waals surface area contributed by atoms with Gasteiger partial charge in [0.15, 0.2) is 11.5 Å². The Bertz CT molecular complexity index is 1120. The summed E-state index contributed by atoms with van der Waals surface area (Å²) in [5.41, 5.74) is 1.86. The fraction of sp³-hybridized carbons (Fsp3) is 0.231. The van der Waals surface area contributed by atoms with Crippen LogP contribution in [0, 0.1) is 0 Å². The van der Waals surface area contributed by atoms with Gasteiger partial charge in [-0.05, 0) is 37.3 Å². The minimum Gasteiger partial charge on any atom is -0.489 e. The predicted molar refractivity (Wildman–Crippen MR) is 125 cm³/mol. The lowest BCUT2D eigenvalue weighted by Gasteiger charge is -2.22. The second-order valence-electron chi connectivity index (χ2n) is 7.48. The Morgan fingerprint density at radius 3 is 2.45 bits per heavy atom. The largest absolute Gasteiger partial charge is 0.489 e. The molecule has 3 aromatic rings. The van der Waals surface area contributed by atoms with Crippen molar-refractivity contribution >= 4 is 17.5 Å². The highest BCUT2D eigenvalue weighted by molar-refractivity contribution is 6.00. The van der Waals surface area contributed by atoms with Crippen molar-refractivity contribution in [2.75, 3.05) is 31.6 Å². The molecule has 1 aliphatic heterocycles. The van der Waals surface area contributed by atoms with E-state index < -0.39 is 0 Å². The van der Waals surface area contributed by atoms with E-state index in [9.17, 15) is 9.59 Å². The van der Waals surface area contributed by atoms with Crippen molar-refractivity contribution in [3.05, 3.63) is 83.9 Å². The molecule has 0 unspecified atom stereocenters. The molecule has 0 saturated carbocycles. The van der Waals surface area contributed by atoms with Crippen LogP contribution in [0.2, 0.25) is 0 Å². The molecule has 0 saturated heterocycles. The number of nitrogens with zero attached hydrogens (tertiary/aromatic N) is 1. The highest BCUT2D eigenvalue weighted by Crippen LogP contribution is 2.32. The van der Waals surface area contributed by atoms with Crippen LogP contribution in [0.1, 0.15) is 22.8 Å². The summed E-state index contributed by atoms with van der Waals surface area (Å²) in [6.07, 6.45) is 0. The van der Waals surface area contributed by atoms with E-state index in [1.54, 1.807) is 24.3 Å². The summed E-state index contributed by atoms with van der Waals surface area (Å²) >= 11 is 0. The number of carbonyl (C=O) groups excluding carboxylic acids is 2. The van der Waals surface area contributed by atoms with Gasteiger partial charge in [-0.1, -0.05) is 36.4 Å². The van der Waals surface area contributed by atoms with E-state index in [1.807, 2.05) is 55.5 Å². The molecule has 0 bridgehead atoms. The van der Waals surface area contributed by atoms with Crippen LogP contribution in [-0.4, -0.2) is 43.0 Å². The van der Waals surface area contributed by atoms with Crippen LogP contribution < -0.4 is 19.5 Å². The maximum Gasteiger partial charge on any atom is 0.254 e. The molecule has 170 valence electrons. The third kappa shape index (κ3) is 5.63. The fourth-order valence-corrected chi connectivity index (χ4v) is 3.53. The van der Waals surface area contributed by atoms with Crippen LogP contribution in [0.5, 0.6) is 17.2 Å². The summed E-state index contributed by atoms with van der Waals surface area (Å²) in [6.45, 7) is 3.39. The number of likely N-dealkylation sites (N-methyl/N-ethyl adjacent to an activating group) is 1. The van der Waals surface area contributed by atoms with E-state index in [0.717, 1.165) is 11.3 Å². The SMILES string of the molecule is CCN(CC(=O)Nc1ccc2c(c1)OCCO2)C(=O)c1ccccc1COc1ccccc1. The molecule has 0 radical (unpaired) electrons. The molecule has 7 heteroatoms. The van der Waals surface area contributed by atoms with Gasteiger partial charge in [-0.15, -0.1) is 0 Å². The Morgan fingerprint density at radius 1 is 0.939 bits per heavy atom. The molecule has 0 aliphatic carbocycles. The van der Waals surface area contributed by atoms with E-state index in [2.05, 4.69) is 5.32 Å². The first-order valence-corrected chi connectivity index (χ1v) is 10.9. The number of benzene rings is 3. The topological polar surface area (TPSA) is 77.1 Å². The van der Waals surface area contributed by atoms with E-state index in [4.69, 9.17) is 14.2 Å². The van der Waals surface area contributed by atoms with Gasteiger partial charge >= 0.3 is 0 Å². The van der Waals surface area contributed by atoms with Crippen molar-refractivity contribution in [2.45, 2.75) is 13.5 Å². The Kier molecular flexibility index (Phi) is 7.09. The molecular formula is C26H26N2O5. The summed E-state index contributed by atoms with van der Waals surface area (Å²) < 4.78 is 16.9. The zero-order valence-corrected chi connectivity index (χ0v) is 18.5. The minimum absolute atomic E-state index is 0.0718. The molecule has 7 nitrogen and oxygen atoms in total. The summed E-state index contributed by atoms with van der Waals surface area (Å²) in [6, 6.07) is 22.0. The van der Waals surface area contributed by atoms with Gasteiger partial charge < -0.3 is 24.4 Å². The van der Waals surface area contributed by atoms with E-state index in [-0.39, 0.29) is 25.0 Å². The van der Waals surface area contributed by atoms with Crippen LogP contribution in [-0.2, 0) is 11.4 Å². The number of carbonyl (C=O) groups is 2. The van der Waals surface area contributed by atoms with Crippen molar-refractivity contribution in [3.8, 4) is 17.2 Å². The van der Waals surface area contributed by atoms with Crippen molar-refractivity contribution in [3.63, 3.8) is 0 Å². The fourth-order valence-electron chi connectivity index (χ4n) is 3.53. The number of ether oxygens (including phenoxy) is 3. The summed E-state index contributed by atoms with van der Waals surface area (Å²) in [4.78, 5) is 27.4. The molecule has 1 N–H and O–H groups in total. The molecule has 1 aliphatic rings.